The number of hydrogen-bond donors (Lipinski definition) is 0. The van der Waals surface area contributed by atoms with E-state index in [2.05, 4.69) is 13.2 Å². The Labute approximate surface area is 87.4 Å². The van der Waals surface area contributed by atoms with Gasteiger partial charge in [-0.2, -0.15) is 0 Å². The van der Waals surface area contributed by atoms with Crippen LogP contribution in [0.3, 0.4) is 0 Å². The maximum absolute atomic E-state index is 10.8. The van der Waals surface area contributed by atoms with Gasteiger partial charge >= 0.3 is 0 Å². The average molecular weight is 198 g/mol. The molecule has 0 saturated carbocycles. The zero-order valence-corrected chi connectivity index (χ0v) is 9.47. The summed E-state index contributed by atoms with van der Waals surface area (Å²) in [6.45, 7) is 9.50. The van der Waals surface area contributed by atoms with E-state index < -0.39 is 0 Å². The number of carbonyl (C=O) groups is 2. The van der Waals surface area contributed by atoms with Crippen LogP contribution in [0.1, 0.15) is 52.4 Å². The Morgan fingerprint density at radius 3 is 1.93 bits per heavy atom. The summed E-state index contributed by atoms with van der Waals surface area (Å²) in [5.74, 6) is 0.578. The predicted molar refractivity (Wildman–Crippen MR) is 60.3 cm³/mol. The Morgan fingerprint density at radius 2 is 1.50 bits per heavy atom. The molecule has 14 heavy (non-hydrogen) atoms. The maximum Gasteiger partial charge on any atom is 0.132 e. The average Bonchev–Trinajstić information content (AvgIpc) is 2.19. The lowest BCUT2D eigenvalue weighted by molar-refractivity contribution is -0.118. The van der Waals surface area contributed by atoms with Crippen LogP contribution in [-0.2, 0) is 9.59 Å². The Hall–Kier alpha value is -0.920. The first-order chi connectivity index (χ1) is 6.66. The van der Waals surface area contributed by atoms with E-state index in [0.29, 0.717) is 25.0 Å². The van der Waals surface area contributed by atoms with E-state index in [1.807, 2.05) is 6.92 Å². The third-order valence-corrected chi connectivity index (χ3v) is 1.88. The maximum atomic E-state index is 10.8. The SMILES string of the molecule is C=C.CCC(=O)CCCCCC(C)=O. The molecule has 0 bridgehead atoms. The summed E-state index contributed by atoms with van der Waals surface area (Å²) in [4.78, 5) is 21.4. The Morgan fingerprint density at radius 1 is 1.00 bits per heavy atom. The van der Waals surface area contributed by atoms with Gasteiger partial charge in [-0.1, -0.05) is 13.3 Å². The van der Waals surface area contributed by atoms with Gasteiger partial charge in [0.2, 0.25) is 0 Å². The first-order valence-electron chi connectivity index (χ1n) is 5.18. The molecule has 0 heterocycles. The lowest BCUT2D eigenvalue weighted by atomic mass is 10.1. The lowest BCUT2D eigenvalue weighted by Gasteiger charge is -1.97. The minimum absolute atomic E-state index is 0.247. The second kappa shape index (κ2) is 12.1. The molecule has 0 unspecified atom stereocenters. The first kappa shape index (κ1) is 15.5. The van der Waals surface area contributed by atoms with E-state index in [0.717, 1.165) is 19.3 Å². The van der Waals surface area contributed by atoms with Gasteiger partial charge in [0.25, 0.3) is 0 Å². The minimum Gasteiger partial charge on any atom is -0.300 e. The molecular weight excluding hydrogens is 176 g/mol. The molecule has 0 aromatic heterocycles. The number of carbonyl (C=O) groups excluding carboxylic acids is 2. The molecule has 0 spiro atoms. The van der Waals surface area contributed by atoms with E-state index in [4.69, 9.17) is 0 Å². The van der Waals surface area contributed by atoms with Gasteiger partial charge in [-0.25, -0.2) is 0 Å². The molecule has 0 aromatic rings. The van der Waals surface area contributed by atoms with Crippen LogP contribution >= 0.6 is 0 Å². The molecule has 2 nitrogen and oxygen atoms in total. The van der Waals surface area contributed by atoms with Crippen LogP contribution in [0, 0.1) is 0 Å². The third kappa shape index (κ3) is 13.7. The summed E-state index contributed by atoms with van der Waals surface area (Å²) >= 11 is 0. The number of ketones is 2. The summed E-state index contributed by atoms with van der Waals surface area (Å²) in [5.41, 5.74) is 0. The number of unbranched alkanes of at least 4 members (excludes halogenated alkanes) is 2. The van der Waals surface area contributed by atoms with Crippen molar-refractivity contribution in [2.75, 3.05) is 0 Å². The van der Waals surface area contributed by atoms with Crippen molar-refractivity contribution in [2.24, 2.45) is 0 Å². The molecule has 0 N–H and O–H groups in total. The molecular formula is C12H22O2. The normalized spacial score (nSPS) is 8.71. The number of hydrogen-bond acceptors (Lipinski definition) is 2. The predicted octanol–water partition coefficient (Wildman–Crippen LogP) is 3.31. The van der Waals surface area contributed by atoms with E-state index in [1.54, 1.807) is 6.92 Å². The van der Waals surface area contributed by atoms with Crippen LogP contribution in [0.2, 0.25) is 0 Å². The summed E-state index contributed by atoms with van der Waals surface area (Å²) < 4.78 is 0. The molecule has 0 amide bonds. The second-order valence-corrected chi connectivity index (χ2v) is 3.15. The molecule has 0 aliphatic carbocycles. The zero-order valence-electron chi connectivity index (χ0n) is 9.47. The second-order valence-electron chi connectivity index (χ2n) is 3.15. The van der Waals surface area contributed by atoms with E-state index in [1.165, 1.54) is 0 Å². The molecule has 0 aliphatic rings. The van der Waals surface area contributed by atoms with E-state index in [9.17, 15) is 9.59 Å². The van der Waals surface area contributed by atoms with Gasteiger partial charge < -0.3 is 4.79 Å². The molecule has 0 fully saturated rings. The number of rotatable bonds is 7. The highest BCUT2D eigenvalue weighted by atomic mass is 16.1. The summed E-state index contributed by atoms with van der Waals surface area (Å²) in [6, 6.07) is 0. The Balaban J connectivity index is 0. The summed E-state index contributed by atoms with van der Waals surface area (Å²) in [7, 11) is 0. The van der Waals surface area contributed by atoms with E-state index in [-0.39, 0.29) is 5.78 Å². The topological polar surface area (TPSA) is 34.1 Å². The highest BCUT2D eigenvalue weighted by molar-refractivity contribution is 5.78. The van der Waals surface area contributed by atoms with Gasteiger partial charge in [0.15, 0.2) is 0 Å². The lowest BCUT2D eigenvalue weighted by Crippen LogP contribution is -1.95. The summed E-state index contributed by atoms with van der Waals surface area (Å²) in [6.07, 6.45) is 4.89. The van der Waals surface area contributed by atoms with Gasteiger partial charge in [0.05, 0.1) is 0 Å². The molecule has 2 heteroatoms. The molecule has 0 saturated heterocycles. The van der Waals surface area contributed by atoms with E-state index >= 15 is 0 Å². The molecule has 0 radical (unpaired) electrons. The molecule has 82 valence electrons. The van der Waals surface area contributed by atoms with Crippen LogP contribution in [0.15, 0.2) is 13.2 Å². The molecule has 0 rings (SSSR count). The fourth-order valence-corrected chi connectivity index (χ4v) is 1.05. The molecule has 0 aliphatic heterocycles. The van der Waals surface area contributed by atoms with Crippen molar-refractivity contribution in [1.29, 1.82) is 0 Å². The van der Waals surface area contributed by atoms with Crippen molar-refractivity contribution in [2.45, 2.75) is 52.4 Å². The van der Waals surface area contributed by atoms with Gasteiger partial charge in [0, 0.05) is 19.3 Å². The van der Waals surface area contributed by atoms with Crippen molar-refractivity contribution >= 4 is 11.6 Å². The van der Waals surface area contributed by atoms with Crippen LogP contribution in [-0.4, -0.2) is 11.6 Å². The van der Waals surface area contributed by atoms with Gasteiger partial charge in [-0.05, 0) is 19.8 Å². The van der Waals surface area contributed by atoms with Gasteiger partial charge in [0.1, 0.15) is 11.6 Å². The Kier molecular flexibility index (Phi) is 13.4. The minimum atomic E-state index is 0.247. The Bertz CT molecular complexity index is 162. The van der Waals surface area contributed by atoms with Crippen LogP contribution in [0.5, 0.6) is 0 Å². The quantitative estimate of drug-likeness (QED) is 0.464. The van der Waals surface area contributed by atoms with Gasteiger partial charge in [-0.15, -0.1) is 13.2 Å². The van der Waals surface area contributed by atoms with Crippen LogP contribution < -0.4 is 0 Å². The molecule has 0 atom stereocenters. The standard InChI is InChI=1S/C10H18O2.C2H4/c1-3-10(12)8-6-4-5-7-9(2)11;1-2/h3-8H2,1-2H3;1-2H2. The van der Waals surface area contributed by atoms with Crippen molar-refractivity contribution in [3.63, 3.8) is 0 Å². The number of Topliss-reactive ketones (excluding diaryl/α,β-unsaturated/α-hetero) is 2. The van der Waals surface area contributed by atoms with Gasteiger partial charge in [-0.3, -0.25) is 4.79 Å². The first-order valence-corrected chi connectivity index (χ1v) is 5.18. The smallest absolute Gasteiger partial charge is 0.132 e. The zero-order chi connectivity index (χ0) is 11.4. The third-order valence-electron chi connectivity index (χ3n) is 1.88. The van der Waals surface area contributed by atoms with Crippen molar-refractivity contribution < 1.29 is 9.59 Å². The highest BCUT2D eigenvalue weighted by Crippen LogP contribution is 2.04. The summed E-state index contributed by atoms with van der Waals surface area (Å²) in [5, 5.41) is 0. The van der Waals surface area contributed by atoms with Crippen molar-refractivity contribution in [1.82, 2.24) is 0 Å². The van der Waals surface area contributed by atoms with Crippen molar-refractivity contribution in [3.05, 3.63) is 13.2 Å². The highest BCUT2D eigenvalue weighted by Gasteiger charge is 1.98. The van der Waals surface area contributed by atoms with Crippen LogP contribution in [0.4, 0.5) is 0 Å². The van der Waals surface area contributed by atoms with Crippen LogP contribution in [0.25, 0.3) is 0 Å². The molecule has 0 aromatic carbocycles. The fourth-order valence-electron chi connectivity index (χ4n) is 1.05. The largest absolute Gasteiger partial charge is 0.300 e. The van der Waals surface area contributed by atoms with Crippen molar-refractivity contribution in [3.8, 4) is 0 Å². The monoisotopic (exact) mass is 198 g/mol. The fraction of sp³-hybridized carbons (Fsp3) is 0.667.